The number of hydrogen-bond donors (Lipinski definition) is 2. The fraction of sp³-hybridized carbons (Fsp3) is 0.318. The van der Waals surface area contributed by atoms with E-state index in [4.69, 9.17) is 16.7 Å². The quantitative estimate of drug-likeness (QED) is 0.510. The minimum Gasteiger partial charge on any atom is -0.465 e. The molecule has 1 aliphatic carbocycles. The van der Waals surface area contributed by atoms with Gasteiger partial charge in [-0.3, -0.25) is 9.52 Å². The Balaban J connectivity index is 1.33. The molecular formula is C22H22ClN5O5S. The Hall–Kier alpha value is -3.31. The second kappa shape index (κ2) is 8.48. The van der Waals surface area contributed by atoms with Crippen molar-refractivity contribution < 1.29 is 18.3 Å². The standard InChI is InChI=1S/C22H22ClN5O5S/c23-20-7-16(25-34(32,33)18-3-4-18)1-5-19(20)15-8-24-28(12-15)17-2-6-21(29)26(13-17)9-14-10-27(11-14)22(30)31/h1-2,5-8,12-14,18,25H,3-4,9-11H2,(H,30,31). The third-order valence-electron chi connectivity index (χ3n) is 6.00. The number of sulfonamides is 1. The second-order valence-corrected chi connectivity index (χ2v) is 11.0. The number of carboxylic acid groups (broad SMARTS) is 1. The number of aromatic nitrogens is 3. The van der Waals surface area contributed by atoms with Crippen molar-refractivity contribution in [3.8, 4) is 16.8 Å². The number of amides is 1. The number of hydrogen-bond acceptors (Lipinski definition) is 5. The molecule has 2 N–H and O–H groups in total. The van der Waals surface area contributed by atoms with E-state index in [2.05, 4.69) is 9.82 Å². The van der Waals surface area contributed by atoms with E-state index in [1.165, 1.54) is 11.0 Å². The number of benzene rings is 1. The SMILES string of the molecule is O=C(O)N1CC(Cn2cc(-n3cc(-c4ccc(NS(=O)(=O)C5CC5)cc4Cl)cn3)ccc2=O)C1. The minimum atomic E-state index is -3.37. The lowest BCUT2D eigenvalue weighted by Gasteiger charge is -2.37. The van der Waals surface area contributed by atoms with Crippen molar-refractivity contribution in [3.05, 3.63) is 64.3 Å². The van der Waals surface area contributed by atoms with Crippen LogP contribution < -0.4 is 10.3 Å². The van der Waals surface area contributed by atoms with Crippen LogP contribution in [0.4, 0.5) is 10.5 Å². The number of nitrogens with zero attached hydrogens (tertiary/aromatic N) is 4. The molecule has 1 aromatic carbocycles. The first-order valence-electron chi connectivity index (χ1n) is 10.7. The van der Waals surface area contributed by atoms with Gasteiger partial charge in [-0.15, -0.1) is 0 Å². The van der Waals surface area contributed by atoms with E-state index in [9.17, 15) is 18.0 Å². The van der Waals surface area contributed by atoms with Gasteiger partial charge in [-0.05, 0) is 31.0 Å². The zero-order valence-corrected chi connectivity index (χ0v) is 19.5. The lowest BCUT2D eigenvalue weighted by molar-refractivity contribution is 0.0743. The predicted octanol–water partition coefficient (Wildman–Crippen LogP) is 2.87. The molecule has 1 amide bonds. The molecule has 3 aromatic rings. The number of carbonyl (C=O) groups is 1. The zero-order valence-electron chi connectivity index (χ0n) is 18.0. The van der Waals surface area contributed by atoms with Crippen LogP contribution in [0.3, 0.4) is 0 Å². The minimum absolute atomic E-state index is 0.0897. The van der Waals surface area contributed by atoms with Crippen LogP contribution in [-0.4, -0.2) is 57.2 Å². The van der Waals surface area contributed by atoms with Gasteiger partial charge in [0.05, 0.1) is 22.2 Å². The van der Waals surface area contributed by atoms with Crippen LogP contribution in [0.1, 0.15) is 12.8 Å². The van der Waals surface area contributed by atoms with Crippen LogP contribution in [0.15, 0.2) is 53.7 Å². The van der Waals surface area contributed by atoms with Gasteiger partial charge in [0.1, 0.15) is 0 Å². The first-order valence-corrected chi connectivity index (χ1v) is 12.7. The Morgan fingerprint density at radius 3 is 2.62 bits per heavy atom. The fourth-order valence-corrected chi connectivity index (χ4v) is 5.63. The summed E-state index contributed by atoms with van der Waals surface area (Å²) in [6.07, 6.45) is 5.51. The number of likely N-dealkylation sites (tertiary alicyclic amines) is 1. The summed E-state index contributed by atoms with van der Waals surface area (Å²) in [6.45, 7) is 1.24. The third kappa shape index (κ3) is 4.53. The zero-order chi connectivity index (χ0) is 24.0. The van der Waals surface area contributed by atoms with Crippen LogP contribution in [0, 0.1) is 5.92 Å². The highest BCUT2D eigenvalue weighted by Gasteiger charge is 2.35. The highest BCUT2D eigenvalue weighted by Crippen LogP contribution is 2.33. The van der Waals surface area contributed by atoms with E-state index >= 15 is 0 Å². The van der Waals surface area contributed by atoms with Crippen molar-refractivity contribution in [1.29, 1.82) is 0 Å². The Morgan fingerprint density at radius 2 is 1.94 bits per heavy atom. The molecule has 5 rings (SSSR count). The smallest absolute Gasteiger partial charge is 0.407 e. The van der Waals surface area contributed by atoms with Crippen molar-refractivity contribution in [2.45, 2.75) is 24.6 Å². The second-order valence-electron chi connectivity index (χ2n) is 8.65. The van der Waals surface area contributed by atoms with Crippen LogP contribution >= 0.6 is 11.6 Å². The third-order valence-corrected chi connectivity index (χ3v) is 8.18. The van der Waals surface area contributed by atoms with Gasteiger partial charge in [0.25, 0.3) is 5.56 Å². The van der Waals surface area contributed by atoms with E-state index in [0.717, 1.165) is 5.56 Å². The van der Waals surface area contributed by atoms with Crippen LogP contribution in [0.5, 0.6) is 0 Å². The van der Waals surface area contributed by atoms with E-state index < -0.39 is 16.1 Å². The van der Waals surface area contributed by atoms with Crippen LogP contribution in [-0.2, 0) is 16.6 Å². The number of pyridine rings is 1. The average Bonchev–Trinajstić information content (AvgIpc) is 3.50. The summed E-state index contributed by atoms with van der Waals surface area (Å²) in [5.74, 6) is 0.0897. The maximum Gasteiger partial charge on any atom is 0.407 e. The molecule has 1 aliphatic heterocycles. The van der Waals surface area contributed by atoms with Crippen molar-refractivity contribution in [2.75, 3.05) is 17.8 Å². The van der Waals surface area contributed by atoms with Gasteiger partial charge in [0.15, 0.2) is 0 Å². The number of halogens is 1. The molecule has 12 heteroatoms. The maximum atomic E-state index is 12.3. The topological polar surface area (TPSA) is 127 Å². The number of nitrogens with one attached hydrogen (secondary N) is 1. The molecule has 2 fully saturated rings. The molecule has 10 nitrogen and oxygen atoms in total. The number of rotatable bonds is 7. The average molecular weight is 504 g/mol. The highest BCUT2D eigenvalue weighted by molar-refractivity contribution is 7.93. The maximum absolute atomic E-state index is 12.3. The fourth-order valence-electron chi connectivity index (χ4n) is 3.96. The molecule has 0 radical (unpaired) electrons. The van der Waals surface area contributed by atoms with Gasteiger partial charge in [-0.1, -0.05) is 17.7 Å². The Morgan fingerprint density at radius 1 is 1.18 bits per heavy atom. The van der Waals surface area contributed by atoms with Gasteiger partial charge in [0.2, 0.25) is 10.0 Å². The normalized spacial score (nSPS) is 16.3. The van der Waals surface area contributed by atoms with E-state index in [-0.39, 0.29) is 16.7 Å². The monoisotopic (exact) mass is 503 g/mol. The summed E-state index contributed by atoms with van der Waals surface area (Å²) < 4.78 is 30.1. The molecule has 3 heterocycles. The first-order chi connectivity index (χ1) is 16.2. The van der Waals surface area contributed by atoms with Crippen molar-refractivity contribution in [3.63, 3.8) is 0 Å². The van der Waals surface area contributed by atoms with Gasteiger partial charge in [-0.2, -0.15) is 5.10 Å². The molecule has 0 atom stereocenters. The Kier molecular flexibility index (Phi) is 5.61. The molecule has 34 heavy (non-hydrogen) atoms. The largest absolute Gasteiger partial charge is 0.465 e. The summed E-state index contributed by atoms with van der Waals surface area (Å²) in [5.41, 5.74) is 2.34. The molecule has 2 aliphatic rings. The van der Waals surface area contributed by atoms with E-state index in [0.29, 0.717) is 54.4 Å². The van der Waals surface area contributed by atoms with Gasteiger partial charge >= 0.3 is 6.09 Å². The lowest BCUT2D eigenvalue weighted by Crippen LogP contribution is -2.51. The van der Waals surface area contributed by atoms with E-state index in [1.807, 2.05) is 0 Å². The first kappa shape index (κ1) is 22.5. The molecule has 1 saturated carbocycles. The van der Waals surface area contributed by atoms with Gasteiger partial charge in [0, 0.05) is 60.8 Å². The van der Waals surface area contributed by atoms with Crippen LogP contribution in [0.2, 0.25) is 5.02 Å². The molecule has 0 bridgehead atoms. The summed E-state index contributed by atoms with van der Waals surface area (Å²) >= 11 is 6.44. The summed E-state index contributed by atoms with van der Waals surface area (Å²) in [7, 11) is -3.37. The molecule has 0 spiro atoms. The van der Waals surface area contributed by atoms with E-state index in [1.54, 1.807) is 52.1 Å². The summed E-state index contributed by atoms with van der Waals surface area (Å²) in [5, 5.41) is 13.4. The van der Waals surface area contributed by atoms with Crippen LogP contribution in [0.25, 0.3) is 16.8 Å². The van der Waals surface area contributed by atoms with Gasteiger partial charge < -0.3 is 14.6 Å². The Labute approximate surface area is 200 Å². The molecule has 1 saturated heterocycles. The van der Waals surface area contributed by atoms with Crippen molar-refractivity contribution in [1.82, 2.24) is 19.2 Å². The van der Waals surface area contributed by atoms with Crippen molar-refractivity contribution in [2.24, 2.45) is 5.92 Å². The molecule has 178 valence electrons. The lowest BCUT2D eigenvalue weighted by atomic mass is 10.0. The summed E-state index contributed by atoms with van der Waals surface area (Å²) in [4.78, 5) is 24.5. The highest BCUT2D eigenvalue weighted by atomic mass is 35.5. The predicted molar refractivity (Wildman–Crippen MR) is 127 cm³/mol. The molecule has 0 unspecified atom stereocenters. The van der Waals surface area contributed by atoms with Gasteiger partial charge in [-0.25, -0.2) is 17.9 Å². The molecular weight excluding hydrogens is 482 g/mol. The Bertz CT molecular complexity index is 1420. The summed E-state index contributed by atoms with van der Waals surface area (Å²) in [6, 6.07) is 8.10. The van der Waals surface area contributed by atoms with Crippen molar-refractivity contribution >= 4 is 33.4 Å². The number of anilines is 1. The molecule has 2 aromatic heterocycles.